The fourth-order valence-corrected chi connectivity index (χ4v) is 2.29. The minimum atomic E-state index is 0. The summed E-state index contributed by atoms with van der Waals surface area (Å²) in [6, 6.07) is 0. The molecular formula is C15H31IN6OS. The van der Waals surface area contributed by atoms with Gasteiger partial charge in [-0.05, 0) is 38.7 Å². The maximum absolute atomic E-state index is 5.35. The smallest absolute Gasteiger partial charge is 0.191 e. The third-order valence-electron chi connectivity index (χ3n) is 3.34. The van der Waals surface area contributed by atoms with Gasteiger partial charge in [-0.15, -0.1) is 34.2 Å². The van der Waals surface area contributed by atoms with E-state index in [1.807, 2.05) is 37.2 Å². The van der Waals surface area contributed by atoms with Gasteiger partial charge >= 0.3 is 0 Å². The minimum absolute atomic E-state index is 0. The lowest BCUT2D eigenvalue weighted by Gasteiger charge is -2.12. The molecule has 0 amide bonds. The summed E-state index contributed by atoms with van der Waals surface area (Å²) in [6.07, 6.45) is 4.20. The molecule has 7 nitrogen and oxygen atoms in total. The summed E-state index contributed by atoms with van der Waals surface area (Å²) in [6.45, 7) is 7.75. The van der Waals surface area contributed by atoms with E-state index in [0.717, 1.165) is 62.5 Å². The predicted octanol–water partition coefficient (Wildman–Crippen LogP) is 1.96. The highest BCUT2D eigenvalue weighted by Gasteiger charge is 2.05. The second-order valence-electron chi connectivity index (χ2n) is 5.14. The number of aliphatic imine (C=N–C) groups is 1. The third kappa shape index (κ3) is 9.67. The summed E-state index contributed by atoms with van der Waals surface area (Å²) < 4.78 is 7.31. The molecule has 0 fully saturated rings. The molecule has 0 atom stereocenters. The molecule has 1 aromatic heterocycles. The Morgan fingerprint density at radius 2 is 1.96 bits per heavy atom. The van der Waals surface area contributed by atoms with Crippen molar-refractivity contribution >= 4 is 41.7 Å². The summed E-state index contributed by atoms with van der Waals surface area (Å²) in [5, 5.41) is 14.9. The van der Waals surface area contributed by atoms with Gasteiger partial charge in [-0.3, -0.25) is 0 Å². The van der Waals surface area contributed by atoms with Gasteiger partial charge in [0.15, 0.2) is 11.8 Å². The first-order valence-electron chi connectivity index (χ1n) is 8.12. The molecular weight excluding hydrogens is 439 g/mol. The van der Waals surface area contributed by atoms with Gasteiger partial charge in [0.1, 0.15) is 12.4 Å². The molecule has 0 saturated carbocycles. The van der Waals surface area contributed by atoms with Gasteiger partial charge in [-0.25, -0.2) is 4.99 Å². The molecule has 24 heavy (non-hydrogen) atoms. The molecule has 1 rings (SSSR count). The van der Waals surface area contributed by atoms with Crippen LogP contribution in [0.5, 0.6) is 0 Å². The number of hydrogen-bond acceptors (Lipinski definition) is 5. The molecule has 0 radical (unpaired) electrons. The lowest BCUT2D eigenvalue weighted by Crippen LogP contribution is -2.39. The summed E-state index contributed by atoms with van der Waals surface area (Å²) >= 11 is 1.86. The summed E-state index contributed by atoms with van der Waals surface area (Å²) in [5.41, 5.74) is 0. The van der Waals surface area contributed by atoms with E-state index in [9.17, 15) is 0 Å². The van der Waals surface area contributed by atoms with E-state index in [0.29, 0.717) is 6.54 Å². The Morgan fingerprint density at radius 1 is 1.25 bits per heavy atom. The van der Waals surface area contributed by atoms with Crippen molar-refractivity contribution in [3.8, 4) is 0 Å². The first-order chi connectivity index (χ1) is 11.2. The average Bonchev–Trinajstić information content (AvgIpc) is 2.87. The SMILES string of the molecule is CCOCCCNC(=NCc1nnc(C)n1C)NCCCSC.I. The van der Waals surface area contributed by atoms with E-state index in [1.165, 1.54) is 0 Å². The highest BCUT2D eigenvalue weighted by atomic mass is 127. The third-order valence-corrected chi connectivity index (χ3v) is 4.04. The van der Waals surface area contributed by atoms with E-state index in [-0.39, 0.29) is 24.0 Å². The fraction of sp³-hybridized carbons (Fsp3) is 0.800. The maximum atomic E-state index is 5.35. The Balaban J connectivity index is 0.00000529. The topological polar surface area (TPSA) is 76.4 Å². The van der Waals surface area contributed by atoms with Crippen LogP contribution in [-0.4, -0.2) is 59.0 Å². The van der Waals surface area contributed by atoms with Crippen LogP contribution in [0.1, 0.15) is 31.4 Å². The number of rotatable bonds is 11. The van der Waals surface area contributed by atoms with Crippen LogP contribution in [0, 0.1) is 6.92 Å². The number of aromatic nitrogens is 3. The Labute approximate surface area is 166 Å². The number of guanidine groups is 1. The quantitative estimate of drug-likeness (QED) is 0.223. The standard InChI is InChI=1S/C15H30N6OS.HI/c1-5-22-10-6-8-16-15(17-9-7-11-23-4)18-12-14-20-19-13(2)21(14)3;/h5-12H2,1-4H3,(H2,16,17,18);1H. The Morgan fingerprint density at radius 3 is 2.54 bits per heavy atom. The number of thioether (sulfide) groups is 1. The lowest BCUT2D eigenvalue weighted by atomic mass is 10.4. The molecule has 0 aliphatic heterocycles. The van der Waals surface area contributed by atoms with Gasteiger partial charge < -0.3 is 19.9 Å². The summed E-state index contributed by atoms with van der Waals surface area (Å²) in [5.74, 6) is 3.73. The number of hydrogen-bond donors (Lipinski definition) is 2. The number of ether oxygens (including phenoxy) is 1. The van der Waals surface area contributed by atoms with Gasteiger partial charge in [0.2, 0.25) is 0 Å². The number of aryl methyl sites for hydroxylation is 1. The van der Waals surface area contributed by atoms with Crippen molar-refractivity contribution in [2.45, 2.75) is 33.2 Å². The summed E-state index contributed by atoms with van der Waals surface area (Å²) in [7, 11) is 1.96. The van der Waals surface area contributed by atoms with Gasteiger partial charge in [0, 0.05) is 33.4 Å². The van der Waals surface area contributed by atoms with Crippen molar-refractivity contribution in [1.82, 2.24) is 25.4 Å². The second kappa shape index (κ2) is 14.8. The maximum Gasteiger partial charge on any atom is 0.191 e. The van der Waals surface area contributed by atoms with Crippen LogP contribution >= 0.6 is 35.7 Å². The zero-order chi connectivity index (χ0) is 16.9. The van der Waals surface area contributed by atoms with Crippen LogP contribution < -0.4 is 10.6 Å². The molecule has 0 unspecified atom stereocenters. The first-order valence-corrected chi connectivity index (χ1v) is 9.52. The van der Waals surface area contributed by atoms with Crippen molar-refractivity contribution in [2.75, 3.05) is 38.3 Å². The highest BCUT2D eigenvalue weighted by Crippen LogP contribution is 1.99. The monoisotopic (exact) mass is 470 g/mol. The van der Waals surface area contributed by atoms with Gasteiger partial charge in [-0.1, -0.05) is 0 Å². The second-order valence-corrected chi connectivity index (χ2v) is 6.12. The average molecular weight is 470 g/mol. The van der Waals surface area contributed by atoms with Crippen molar-refractivity contribution < 1.29 is 4.74 Å². The molecule has 1 heterocycles. The molecule has 0 bridgehead atoms. The van der Waals surface area contributed by atoms with Crippen LogP contribution in [0.3, 0.4) is 0 Å². The fourth-order valence-electron chi connectivity index (χ4n) is 1.86. The van der Waals surface area contributed by atoms with E-state index < -0.39 is 0 Å². The van der Waals surface area contributed by atoms with Crippen molar-refractivity contribution in [3.63, 3.8) is 0 Å². The van der Waals surface area contributed by atoms with Crippen LogP contribution in [-0.2, 0) is 18.3 Å². The van der Waals surface area contributed by atoms with E-state index in [1.54, 1.807) is 0 Å². The van der Waals surface area contributed by atoms with Crippen molar-refractivity contribution in [1.29, 1.82) is 0 Å². The molecule has 9 heteroatoms. The lowest BCUT2D eigenvalue weighted by molar-refractivity contribution is 0.145. The zero-order valence-electron chi connectivity index (χ0n) is 15.2. The van der Waals surface area contributed by atoms with Crippen LogP contribution in [0.4, 0.5) is 0 Å². The molecule has 140 valence electrons. The Bertz CT molecular complexity index is 469. The van der Waals surface area contributed by atoms with E-state index in [2.05, 4.69) is 32.1 Å². The van der Waals surface area contributed by atoms with Crippen LogP contribution in [0.2, 0.25) is 0 Å². The largest absolute Gasteiger partial charge is 0.382 e. The molecule has 0 aromatic carbocycles. The van der Waals surface area contributed by atoms with Crippen LogP contribution in [0.15, 0.2) is 4.99 Å². The molecule has 0 aliphatic rings. The Kier molecular flexibility index (Phi) is 14.4. The number of halogens is 1. The molecule has 1 aromatic rings. The van der Waals surface area contributed by atoms with Gasteiger partial charge in [-0.2, -0.15) is 11.8 Å². The minimum Gasteiger partial charge on any atom is -0.382 e. The predicted molar refractivity (Wildman–Crippen MR) is 112 cm³/mol. The number of nitrogens with zero attached hydrogens (tertiary/aromatic N) is 4. The highest BCUT2D eigenvalue weighted by molar-refractivity contribution is 14.0. The molecule has 0 saturated heterocycles. The zero-order valence-corrected chi connectivity index (χ0v) is 18.3. The summed E-state index contributed by atoms with van der Waals surface area (Å²) in [4.78, 5) is 4.61. The van der Waals surface area contributed by atoms with Crippen LogP contribution in [0.25, 0.3) is 0 Å². The molecule has 0 aliphatic carbocycles. The Hall–Kier alpha value is -0.550. The van der Waals surface area contributed by atoms with Crippen molar-refractivity contribution in [3.05, 3.63) is 11.6 Å². The van der Waals surface area contributed by atoms with Crippen molar-refractivity contribution in [2.24, 2.45) is 12.0 Å². The van der Waals surface area contributed by atoms with E-state index >= 15 is 0 Å². The van der Waals surface area contributed by atoms with E-state index in [4.69, 9.17) is 4.74 Å². The molecule has 2 N–H and O–H groups in total. The first kappa shape index (κ1) is 23.4. The molecule has 0 spiro atoms. The number of nitrogens with one attached hydrogen (secondary N) is 2. The normalized spacial score (nSPS) is 11.2. The van der Waals surface area contributed by atoms with Gasteiger partial charge in [0.25, 0.3) is 0 Å². The van der Waals surface area contributed by atoms with Gasteiger partial charge in [0.05, 0.1) is 0 Å².